The third-order valence-corrected chi connectivity index (χ3v) is 7.35. The van der Waals surface area contributed by atoms with Crippen molar-refractivity contribution in [3.8, 4) is 16.5 Å². The number of aliphatic hydroxyl groups excluding tert-OH is 1. The number of anilines is 1. The van der Waals surface area contributed by atoms with E-state index in [0.717, 1.165) is 41.6 Å². The Morgan fingerprint density at radius 2 is 1.91 bits per heavy atom. The van der Waals surface area contributed by atoms with Gasteiger partial charge in [0.25, 0.3) is 5.91 Å². The Morgan fingerprint density at radius 1 is 1.18 bits per heavy atom. The van der Waals surface area contributed by atoms with Crippen molar-refractivity contribution < 1.29 is 14.6 Å². The Bertz CT molecular complexity index is 1250. The fourth-order valence-electron chi connectivity index (χ4n) is 3.95. The summed E-state index contributed by atoms with van der Waals surface area (Å²) in [4.78, 5) is 16.8. The molecule has 1 aliphatic heterocycles. The average Bonchev–Trinajstić information content (AvgIpc) is 3.38. The van der Waals surface area contributed by atoms with E-state index in [1.165, 1.54) is 16.5 Å². The smallest absolute Gasteiger partial charge is 0.262 e. The number of nitriles is 1. The van der Waals surface area contributed by atoms with Gasteiger partial charge < -0.3 is 20.1 Å². The molecule has 6 nitrogen and oxygen atoms in total. The summed E-state index contributed by atoms with van der Waals surface area (Å²) in [7, 11) is 0. The molecule has 1 unspecified atom stereocenters. The van der Waals surface area contributed by atoms with Crippen molar-refractivity contribution in [3.63, 3.8) is 0 Å². The van der Waals surface area contributed by atoms with Crippen LogP contribution in [0.15, 0.2) is 54.1 Å². The number of nitrogens with zero attached hydrogens (tertiary/aromatic N) is 2. The van der Waals surface area contributed by atoms with Gasteiger partial charge >= 0.3 is 0 Å². The van der Waals surface area contributed by atoms with E-state index in [1.54, 1.807) is 18.3 Å². The van der Waals surface area contributed by atoms with Gasteiger partial charge in [-0.05, 0) is 65.1 Å². The van der Waals surface area contributed by atoms with Gasteiger partial charge in [-0.15, -0.1) is 11.3 Å². The van der Waals surface area contributed by atoms with Crippen LogP contribution in [0, 0.1) is 17.2 Å². The Morgan fingerprint density at radius 3 is 2.65 bits per heavy atom. The van der Waals surface area contributed by atoms with Crippen molar-refractivity contribution in [2.75, 3.05) is 44.4 Å². The third-order valence-electron chi connectivity index (χ3n) is 6.10. The lowest BCUT2D eigenvalue weighted by Crippen LogP contribution is -2.36. The molecule has 1 aliphatic rings. The van der Waals surface area contributed by atoms with E-state index in [1.807, 2.05) is 25.1 Å². The second kappa shape index (κ2) is 10.8. The molecular weight excluding hydrogens is 446 g/mol. The molecule has 0 spiro atoms. The number of benzene rings is 2. The number of ether oxygens (including phenoxy) is 1. The van der Waals surface area contributed by atoms with Gasteiger partial charge in [0.1, 0.15) is 11.6 Å². The van der Waals surface area contributed by atoms with E-state index < -0.39 is 5.91 Å². The number of nitrogens with one attached hydrogen (secondary N) is 1. The van der Waals surface area contributed by atoms with Gasteiger partial charge in [0.05, 0.1) is 13.2 Å². The number of aliphatic hydroxyl groups is 1. The van der Waals surface area contributed by atoms with Gasteiger partial charge in [0, 0.05) is 41.7 Å². The molecule has 1 fully saturated rings. The predicted molar refractivity (Wildman–Crippen MR) is 138 cm³/mol. The number of carbonyl (C=O) groups excluding carboxylic acids is 1. The molecule has 2 heterocycles. The van der Waals surface area contributed by atoms with Crippen LogP contribution in [-0.4, -0.2) is 50.5 Å². The molecule has 3 aromatic rings. The second-order valence-electron chi connectivity index (χ2n) is 8.62. The summed E-state index contributed by atoms with van der Waals surface area (Å²) in [6.45, 7) is 7.31. The van der Waals surface area contributed by atoms with Gasteiger partial charge in [0.2, 0.25) is 0 Å². The minimum atomic E-state index is -0.406. The third kappa shape index (κ3) is 5.31. The topological polar surface area (TPSA) is 85.6 Å². The zero-order valence-electron chi connectivity index (χ0n) is 19.5. The molecule has 0 saturated carbocycles. The van der Waals surface area contributed by atoms with E-state index in [9.17, 15) is 10.1 Å². The van der Waals surface area contributed by atoms with Crippen molar-refractivity contribution in [2.24, 2.45) is 5.92 Å². The summed E-state index contributed by atoms with van der Waals surface area (Å²) in [6.07, 6.45) is 0. The van der Waals surface area contributed by atoms with Crippen molar-refractivity contribution in [1.82, 2.24) is 5.32 Å². The van der Waals surface area contributed by atoms with Crippen LogP contribution in [0.1, 0.15) is 18.7 Å². The lowest BCUT2D eigenvalue weighted by molar-refractivity contribution is -0.117. The van der Waals surface area contributed by atoms with Crippen LogP contribution in [0.25, 0.3) is 26.8 Å². The molecule has 176 valence electrons. The summed E-state index contributed by atoms with van der Waals surface area (Å²) in [5.74, 6) is -0.465. The average molecular weight is 476 g/mol. The summed E-state index contributed by atoms with van der Waals surface area (Å²) < 4.78 is 5.46. The molecule has 7 heteroatoms. The molecule has 4 rings (SSSR count). The molecule has 0 aliphatic carbocycles. The predicted octanol–water partition coefficient (Wildman–Crippen LogP) is 4.45. The maximum atomic E-state index is 12.5. The van der Waals surface area contributed by atoms with Gasteiger partial charge in [-0.25, -0.2) is 0 Å². The van der Waals surface area contributed by atoms with E-state index in [-0.39, 0.29) is 18.1 Å². The first-order valence-corrected chi connectivity index (χ1v) is 12.3. The Balaban J connectivity index is 1.55. The van der Waals surface area contributed by atoms with Gasteiger partial charge in [-0.3, -0.25) is 4.79 Å². The lowest BCUT2D eigenvalue weighted by Gasteiger charge is -2.29. The maximum absolute atomic E-state index is 12.5. The van der Waals surface area contributed by atoms with Crippen LogP contribution in [0.3, 0.4) is 0 Å². The normalized spacial score (nSPS) is 15.5. The number of morpholine rings is 1. The Hall–Kier alpha value is -3.18. The van der Waals surface area contributed by atoms with Crippen molar-refractivity contribution in [1.29, 1.82) is 5.26 Å². The van der Waals surface area contributed by atoms with Gasteiger partial charge in [-0.1, -0.05) is 25.1 Å². The zero-order chi connectivity index (χ0) is 24.1. The van der Waals surface area contributed by atoms with Crippen molar-refractivity contribution in [2.45, 2.75) is 13.8 Å². The standard InChI is InChI=1S/C27H29N3O3S/c1-18(17-31)16-29-27(32)24(15-28)19(2)25-7-8-26(34-25)22-4-3-21-14-23(6-5-20(21)13-22)30-9-11-33-12-10-30/h3-8,13-14,18,31H,9-12,16-17H2,1-2H3,(H,29,32)/b24-19+. The monoisotopic (exact) mass is 475 g/mol. The van der Waals surface area contributed by atoms with E-state index in [0.29, 0.717) is 12.1 Å². The number of thiophene rings is 1. The van der Waals surface area contributed by atoms with Crippen molar-refractivity contribution >= 4 is 39.3 Å². The molecule has 1 saturated heterocycles. The highest BCUT2D eigenvalue weighted by Gasteiger charge is 2.17. The van der Waals surface area contributed by atoms with Gasteiger partial charge in [-0.2, -0.15) is 5.26 Å². The Labute approximate surface area is 204 Å². The minimum absolute atomic E-state index is 0.0144. The quantitative estimate of drug-likeness (QED) is 0.390. The fraction of sp³-hybridized carbons (Fsp3) is 0.333. The molecule has 1 atom stereocenters. The molecule has 1 amide bonds. The number of rotatable bonds is 7. The van der Waals surface area contributed by atoms with Crippen LogP contribution in [0.5, 0.6) is 0 Å². The zero-order valence-corrected chi connectivity index (χ0v) is 20.3. The minimum Gasteiger partial charge on any atom is -0.396 e. The van der Waals surface area contributed by atoms with Crippen LogP contribution >= 0.6 is 11.3 Å². The van der Waals surface area contributed by atoms with Gasteiger partial charge in [0.15, 0.2) is 0 Å². The molecule has 2 N–H and O–H groups in total. The number of hydrogen-bond donors (Lipinski definition) is 2. The van der Waals surface area contributed by atoms with Crippen LogP contribution < -0.4 is 10.2 Å². The molecule has 0 radical (unpaired) electrons. The summed E-state index contributed by atoms with van der Waals surface area (Å²) in [6, 6.07) is 19.0. The van der Waals surface area contributed by atoms with Crippen LogP contribution in [-0.2, 0) is 9.53 Å². The molecule has 0 bridgehead atoms. The highest BCUT2D eigenvalue weighted by Crippen LogP contribution is 2.35. The van der Waals surface area contributed by atoms with Crippen molar-refractivity contribution in [3.05, 3.63) is 59.0 Å². The first-order valence-electron chi connectivity index (χ1n) is 11.5. The largest absolute Gasteiger partial charge is 0.396 e. The summed E-state index contributed by atoms with van der Waals surface area (Å²) >= 11 is 1.57. The van der Waals surface area contributed by atoms with Crippen LogP contribution in [0.2, 0.25) is 0 Å². The van der Waals surface area contributed by atoms with E-state index >= 15 is 0 Å². The van der Waals surface area contributed by atoms with E-state index in [2.05, 4.69) is 46.6 Å². The molecule has 2 aromatic carbocycles. The summed E-state index contributed by atoms with van der Waals surface area (Å²) in [5, 5.41) is 23.8. The molecular formula is C27H29N3O3S. The lowest BCUT2D eigenvalue weighted by atomic mass is 10.0. The second-order valence-corrected chi connectivity index (χ2v) is 9.70. The number of hydrogen-bond acceptors (Lipinski definition) is 6. The van der Waals surface area contributed by atoms with E-state index in [4.69, 9.17) is 9.84 Å². The SMILES string of the molecule is C/C(=C(/C#N)C(=O)NCC(C)CO)c1ccc(-c2ccc3cc(N4CCOCC4)ccc3c2)s1. The molecule has 1 aromatic heterocycles. The fourth-order valence-corrected chi connectivity index (χ4v) is 4.96. The highest BCUT2D eigenvalue weighted by molar-refractivity contribution is 7.16. The first kappa shape index (κ1) is 24.0. The Kier molecular flexibility index (Phi) is 7.63. The number of carbonyl (C=O) groups is 1. The highest BCUT2D eigenvalue weighted by atomic mass is 32.1. The van der Waals surface area contributed by atoms with Crippen LogP contribution in [0.4, 0.5) is 5.69 Å². The summed E-state index contributed by atoms with van der Waals surface area (Å²) in [5.41, 5.74) is 3.09. The molecule has 34 heavy (non-hydrogen) atoms. The maximum Gasteiger partial charge on any atom is 0.262 e. The number of allylic oxidation sites excluding steroid dienone is 1. The number of amides is 1. The number of fused-ring (bicyclic) bond motifs is 1. The first-order chi connectivity index (χ1) is 16.5.